The van der Waals surface area contributed by atoms with Crippen LogP contribution >= 0.6 is 11.3 Å². The van der Waals surface area contributed by atoms with Crippen molar-refractivity contribution in [2.75, 3.05) is 11.9 Å². The Labute approximate surface area is 193 Å². The second-order valence-electron chi connectivity index (χ2n) is 7.09. The topological polar surface area (TPSA) is 119 Å². The normalized spacial score (nSPS) is 10.7. The number of esters is 1. The van der Waals surface area contributed by atoms with Crippen molar-refractivity contribution in [1.29, 1.82) is 0 Å². The minimum Gasteiger partial charge on any atom is -0.459 e. The Morgan fingerprint density at radius 1 is 1.18 bits per heavy atom. The van der Waals surface area contributed by atoms with Crippen LogP contribution in [0.1, 0.15) is 23.7 Å². The zero-order valence-electron chi connectivity index (χ0n) is 18.0. The molecule has 9 nitrogen and oxygen atoms in total. The first-order valence-corrected chi connectivity index (χ1v) is 11.1. The fourth-order valence-corrected chi connectivity index (χ4v) is 3.93. The second kappa shape index (κ2) is 9.61. The van der Waals surface area contributed by atoms with Gasteiger partial charge in [-0.15, -0.1) is 11.3 Å². The van der Waals surface area contributed by atoms with E-state index in [0.717, 1.165) is 10.4 Å². The molecule has 3 heterocycles. The molecule has 2 N–H and O–H groups in total. The Bertz CT molecular complexity index is 1340. The fraction of sp³-hybridized carbons (Fsp3) is 0.174. The summed E-state index contributed by atoms with van der Waals surface area (Å²) in [7, 11) is 0. The van der Waals surface area contributed by atoms with Crippen LogP contribution in [-0.2, 0) is 20.7 Å². The first-order valence-electron chi connectivity index (χ1n) is 10.2. The Hall–Kier alpha value is -4.05. The highest BCUT2D eigenvalue weighted by Gasteiger charge is 2.21. The van der Waals surface area contributed by atoms with Gasteiger partial charge in [-0.3, -0.25) is 14.6 Å². The number of thiophene rings is 1. The molecule has 10 heteroatoms. The number of hydrogen-bond acceptors (Lipinski definition) is 7. The van der Waals surface area contributed by atoms with Gasteiger partial charge in [0, 0.05) is 18.1 Å². The molecule has 4 aromatic rings. The number of nitrogens with one attached hydrogen (secondary N) is 2. The molecule has 0 saturated heterocycles. The molecule has 3 aromatic heterocycles. The van der Waals surface area contributed by atoms with E-state index in [2.05, 4.69) is 20.4 Å². The van der Waals surface area contributed by atoms with Gasteiger partial charge < -0.3 is 10.1 Å². The van der Waals surface area contributed by atoms with Gasteiger partial charge in [-0.25, -0.2) is 9.78 Å². The van der Waals surface area contributed by atoms with Crippen LogP contribution in [0, 0.1) is 6.92 Å². The van der Waals surface area contributed by atoms with E-state index in [-0.39, 0.29) is 23.9 Å². The lowest BCUT2D eigenvalue weighted by atomic mass is 10.1. The maximum Gasteiger partial charge on any atom is 0.397 e. The Kier molecular flexibility index (Phi) is 6.45. The van der Waals surface area contributed by atoms with Crippen molar-refractivity contribution in [3.63, 3.8) is 0 Å². The summed E-state index contributed by atoms with van der Waals surface area (Å²) in [4.78, 5) is 45.1. The molecule has 0 saturated carbocycles. The van der Waals surface area contributed by atoms with Crippen LogP contribution < -0.4 is 10.9 Å². The SMILES string of the molecule is CCOC(=O)C(=O)Nc1cc(-c2cccs2)nn1-c1nc(C)c(Cc2ccccc2)c(=O)[nH]1. The first-order chi connectivity index (χ1) is 16.0. The number of anilines is 1. The molecule has 33 heavy (non-hydrogen) atoms. The van der Waals surface area contributed by atoms with Gasteiger partial charge in [0.25, 0.3) is 5.56 Å². The standard InChI is InChI=1S/C23H21N5O4S/c1-3-32-22(31)21(30)25-19-13-17(18-10-7-11-33-18)27-28(19)23-24-14(2)16(20(29)26-23)12-15-8-5-4-6-9-15/h4-11,13H,3,12H2,1-2H3,(H,25,30)(H,24,26,29). The lowest BCUT2D eigenvalue weighted by Crippen LogP contribution is -2.27. The van der Waals surface area contributed by atoms with Crippen LogP contribution in [0.15, 0.2) is 58.7 Å². The number of amides is 1. The van der Waals surface area contributed by atoms with Crippen LogP contribution in [0.2, 0.25) is 0 Å². The summed E-state index contributed by atoms with van der Waals surface area (Å²) in [5.41, 5.74) is 2.30. The van der Waals surface area contributed by atoms with Crippen molar-refractivity contribution >= 4 is 29.0 Å². The van der Waals surface area contributed by atoms with Gasteiger partial charge in [0.05, 0.1) is 17.2 Å². The summed E-state index contributed by atoms with van der Waals surface area (Å²) in [5.74, 6) is -1.67. The van der Waals surface area contributed by atoms with Gasteiger partial charge in [-0.2, -0.15) is 9.78 Å². The van der Waals surface area contributed by atoms with E-state index in [1.807, 2.05) is 47.8 Å². The maximum absolute atomic E-state index is 12.9. The zero-order chi connectivity index (χ0) is 23.4. The van der Waals surface area contributed by atoms with Crippen molar-refractivity contribution in [1.82, 2.24) is 19.7 Å². The van der Waals surface area contributed by atoms with E-state index >= 15 is 0 Å². The van der Waals surface area contributed by atoms with E-state index < -0.39 is 11.9 Å². The predicted molar refractivity (Wildman–Crippen MR) is 125 cm³/mol. The molecule has 0 aliphatic heterocycles. The molecule has 0 unspecified atom stereocenters. The third kappa shape index (κ3) is 4.90. The quantitative estimate of drug-likeness (QED) is 0.335. The molecule has 0 fully saturated rings. The zero-order valence-corrected chi connectivity index (χ0v) is 18.8. The number of aromatic amines is 1. The molecule has 4 rings (SSSR count). The van der Waals surface area contributed by atoms with Crippen molar-refractivity contribution in [3.8, 4) is 16.5 Å². The summed E-state index contributed by atoms with van der Waals surface area (Å²) in [6, 6.07) is 15.0. The van der Waals surface area contributed by atoms with Gasteiger partial charge in [0.15, 0.2) is 0 Å². The number of H-pyrrole nitrogens is 1. The molecule has 0 bridgehead atoms. The van der Waals surface area contributed by atoms with Crippen molar-refractivity contribution < 1.29 is 14.3 Å². The molecular formula is C23H21N5O4S. The molecule has 0 spiro atoms. The number of aromatic nitrogens is 4. The minimum absolute atomic E-state index is 0.0723. The molecule has 168 valence electrons. The molecule has 0 radical (unpaired) electrons. The van der Waals surface area contributed by atoms with Gasteiger partial charge in [-0.05, 0) is 30.9 Å². The number of aryl methyl sites for hydroxylation is 1. The van der Waals surface area contributed by atoms with E-state index in [0.29, 0.717) is 23.4 Å². The number of carbonyl (C=O) groups is 2. The number of hydrogen-bond donors (Lipinski definition) is 2. The Morgan fingerprint density at radius 2 is 1.97 bits per heavy atom. The van der Waals surface area contributed by atoms with E-state index in [9.17, 15) is 14.4 Å². The molecule has 0 aliphatic rings. The highest BCUT2D eigenvalue weighted by Crippen LogP contribution is 2.27. The third-order valence-electron chi connectivity index (χ3n) is 4.82. The molecule has 1 amide bonds. The van der Waals surface area contributed by atoms with Gasteiger partial charge in [0.2, 0.25) is 5.95 Å². The lowest BCUT2D eigenvalue weighted by molar-refractivity contribution is -0.152. The summed E-state index contributed by atoms with van der Waals surface area (Å²) < 4.78 is 6.06. The smallest absolute Gasteiger partial charge is 0.397 e. The first kappa shape index (κ1) is 22.2. The highest BCUT2D eigenvalue weighted by atomic mass is 32.1. The monoisotopic (exact) mass is 463 g/mol. The summed E-state index contributed by atoms with van der Waals surface area (Å²) in [5, 5.41) is 8.90. The van der Waals surface area contributed by atoms with E-state index in [1.54, 1.807) is 19.9 Å². The van der Waals surface area contributed by atoms with Crippen LogP contribution in [0.3, 0.4) is 0 Å². The molecule has 1 aromatic carbocycles. The highest BCUT2D eigenvalue weighted by molar-refractivity contribution is 7.13. The number of rotatable bonds is 6. The van der Waals surface area contributed by atoms with Crippen LogP contribution in [0.5, 0.6) is 0 Å². The van der Waals surface area contributed by atoms with E-state index in [4.69, 9.17) is 4.74 Å². The van der Waals surface area contributed by atoms with Crippen molar-refractivity contribution in [2.45, 2.75) is 20.3 Å². The predicted octanol–water partition coefficient (Wildman–Crippen LogP) is 3.08. The maximum atomic E-state index is 12.9. The Balaban J connectivity index is 1.73. The average molecular weight is 464 g/mol. The lowest BCUT2D eigenvalue weighted by Gasteiger charge is -2.10. The minimum atomic E-state index is -1.02. The molecular weight excluding hydrogens is 442 g/mol. The van der Waals surface area contributed by atoms with Crippen molar-refractivity contribution in [2.24, 2.45) is 0 Å². The third-order valence-corrected chi connectivity index (χ3v) is 5.71. The Morgan fingerprint density at radius 3 is 2.64 bits per heavy atom. The van der Waals surface area contributed by atoms with Gasteiger partial charge in [-0.1, -0.05) is 36.4 Å². The second-order valence-corrected chi connectivity index (χ2v) is 8.04. The van der Waals surface area contributed by atoms with Crippen LogP contribution in [-0.4, -0.2) is 38.2 Å². The van der Waals surface area contributed by atoms with Crippen LogP contribution in [0.4, 0.5) is 5.82 Å². The largest absolute Gasteiger partial charge is 0.459 e. The molecule has 0 atom stereocenters. The van der Waals surface area contributed by atoms with E-state index in [1.165, 1.54) is 16.0 Å². The number of benzene rings is 1. The summed E-state index contributed by atoms with van der Waals surface area (Å²) in [6.45, 7) is 3.43. The summed E-state index contributed by atoms with van der Waals surface area (Å²) in [6.07, 6.45) is 0.432. The van der Waals surface area contributed by atoms with Crippen molar-refractivity contribution in [3.05, 3.63) is 81.1 Å². The number of ether oxygens (including phenoxy) is 1. The van der Waals surface area contributed by atoms with Crippen LogP contribution in [0.25, 0.3) is 16.5 Å². The fourth-order valence-electron chi connectivity index (χ4n) is 3.24. The average Bonchev–Trinajstić information content (AvgIpc) is 3.47. The number of carbonyl (C=O) groups excluding carboxylic acids is 2. The number of nitrogens with zero attached hydrogens (tertiary/aromatic N) is 3. The van der Waals surface area contributed by atoms with Gasteiger partial charge >= 0.3 is 11.9 Å². The summed E-state index contributed by atoms with van der Waals surface area (Å²) >= 11 is 1.46. The molecule has 0 aliphatic carbocycles. The van der Waals surface area contributed by atoms with Gasteiger partial charge in [0.1, 0.15) is 11.5 Å².